The van der Waals surface area contributed by atoms with Crippen LogP contribution in [0.2, 0.25) is 0 Å². The molecule has 2 aromatic rings. The van der Waals surface area contributed by atoms with E-state index >= 15 is 0 Å². The maximum Gasteiger partial charge on any atom is 0.193 e. The molecule has 5 heteroatoms. The molecule has 2 rings (SSSR count). The Balaban J connectivity index is 2.60. The topological polar surface area (TPSA) is 67.5 Å². The van der Waals surface area contributed by atoms with Crippen LogP contribution >= 0.6 is 0 Å². The van der Waals surface area contributed by atoms with Crippen LogP contribution in [0.1, 0.15) is 5.76 Å². The van der Waals surface area contributed by atoms with Crippen molar-refractivity contribution < 1.29 is 13.7 Å². The number of phenolic OH excluding ortho intramolecular Hbond substituents is 1. The number of aromatic hydroxyl groups is 1. The second kappa shape index (κ2) is 4.55. The van der Waals surface area contributed by atoms with Crippen molar-refractivity contribution in [2.24, 2.45) is 0 Å². The summed E-state index contributed by atoms with van der Waals surface area (Å²) in [6, 6.07) is 5.61. The van der Waals surface area contributed by atoms with Crippen LogP contribution in [0.15, 0.2) is 38.9 Å². The number of hydrogen-bond acceptors (Lipinski definition) is 4. The number of fused-ring (bicyclic) bond motifs is 1. The molecule has 0 fully saturated rings. The summed E-state index contributed by atoms with van der Waals surface area (Å²) in [4.78, 5) is 11.7. The number of phenols is 1. The Morgan fingerprint density at radius 1 is 1.35 bits per heavy atom. The van der Waals surface area contributed by atoms with E-state index in [9.17, 15) is 14.1 Å². The van der Waals surface area contributed by atoms with E-state index in [-0.39, 0.29) is 11.2 Å². The molecule has 0 saturated heterocycles. The molecule has 0 bridgehead atoms. The quantitative estimate of drug-likeness (QED) is 0.883. The van der Waals surface area contributed by atoms with Crippen LogP contribution in [0.5, 0.6) is 5.75 Å². The van der Waals surface area contributed by atoms with Crippen molar-refractivity contribution in [1.29, 1.82) is 0 Å². The van der Waals surface area contributed by atoms with Crippen molar-refractivity contribution in [3.05, 3.63) is 45.7 Å². The summed E-state index contributed by atoms with van der Waals surface area (Å²) in [7, 11) is -1.09. The highest BCUT2D eigenvalue weighted by molar-refractivity contribution is 7.87. The lowest BCUT2D eigenvalue weighted by Gasteiger charge is -1.99. The van der Waals surface area contributed by atoms with Crippen LogP contribution in [-0.4, -0.2) is 15.6 Å². The van der Waals surface area contributed by atoms with E-state index in [1.54, 1.807) is 0 Å². The third-order valence-electron chi connectivity index (χ3n) is 2.15. The lowest BCUT2D eigenvalue weighted by Crippen LogP contribution is -1.99. The smallest absolute Gasteiger partial charge is 0.193 e. The van der Waals surface area contributed by atoms with Gasteiger partial charge in [-0.05, 0) is 24.3 Å². The maximum atomic E-state index is 11.7. The van der Waals surface area contributed by atoms with E-state index in [0.29, 0.717) is 16.7 Å². The Morgan fingerprint density at radius 3 is 2.82 bits per heavy atom. The first-order valence-corrected chi connectivity index (χ1v) is 6.46. The molecule has 1 atom stereocenters. The minimum Gasteiger partial charge on any atom is -0.508 e. The Morgan fingerprint density at radius 2 is 2.12 bits per heavy atom. The van der Waals surface area contributed by atoms with Gasteiger partial charge in [-0.2, -0.15) is 0 Å². The Labute approximate surface area is 99.7 Å². The van der Waals surface area contributed by atoms with Gasteiger partial charge in [-0.15, -0.1) is 0 Å². The predicted molar refractivity (Wildman–Crippen MR) is 67.2 cm³/mol. The van der Waals surface area contributed by atoms with Gasteiger partial charge in [-0.1, -0.05) is 0 Å². The zero-order chi connectivity index (χ0) is 12.4. The first-order valence-electron chi connectivity index (χ1n) is 4.83. The standard InChI is InChI=1S/C12H10O4S/c1-17(15)5-4-9-7-11(14)10-6-8(13)2-3-12(10)16-9/h2-7,13H,1H3/b5-4+. The molecule has 1 aromatic carbocycles. The van der Waals surface area contributed by atoms with Gasteiger partial charge in [0.05, 0.1) is 5.39 Å². The van der Waals surface area contributed by atoms with Crippen molar-refractivity contribution in [3.63, 3.8) is 0 Å². The van der Waals surface area contributed by atoms with E-state index in [1.807, 2.05) is 0 Å². The molecule has 0 amide bonds. The molecule has 0 spiro atoms. The zero-order valence-corrected chi connectivity index (χ0v) is 9.86. The molecular weight excluding hydrogens is 240 g/mol. The van der Waals surface area contributed by atoms with Gasteiger partial charge in [-0.25, -0.2) is 0 Å². The van der Waals surface area contributed by atoms with Crippen LogP contribution in [-0.2, 0) is 10.8 Å². The minimum atomic E-state index is -1.09. The van der Waals surface area contributed by atoms with Gasteiger partial charge in [0.1, 0.15) is 17.1 Å². The fraction of sp³-hybridized carbons (Fsp3) is 0.0833. The van der Waals surface area contributed by atoms with Gasteiger partial charge in [-0.3, -0.25) is 9.00 Å². The highest BCUT2D eigenvalue weighted by Crippen LogP contribution is 2.18. The summed E-state index contributed by atoms with van der Waals surface area (Å²) < 4.78 is 16.3. The monoisotopic (exact) mass is 250 g/mol. The molecular formula is C12H10O4S. The predicted octanol–water partition coefficient (Wildman–Crippen LogP) is 1.85. The van der Waals surface area contributed by atoms with E-state index in [0.717, 1.165) is 0 Å². The molecule has 1 unspecified atom stereocenters. The molecule has 17 heavy (non-hydrogen) atoms. The average molecular weight is 250 g/mol. The van der Waals surface area contributed by atoms with Crippen molar-refractivity contribution >= 4 is 27.8 Å². The van der Waals surface area contributed by atoms with Crippen molar-refractivity contribution in [2.45, 2.75) is 0 Å². The summed E-state index contributed by atoms with van der Waals surface area (Å²) in [5, 5.41) is 11.0. The van der Waals surface area contributed by atoms with Crippen LogP contribution in [0.25, 0.3) is 17.0 Å². The van der Waals surface area contributed by atoms with Gasteiger partial charge in [0, 0.05) is 28.5 Å². The van der Waals surface area contributed by atoms with Crippen LogP contribution in [0, 0.1) is 0 Å². The molecule has 1 heterocycles. The first kappa shape index (κ1) is 11.6. The van der Waals surface area contributed by atoms with Gasteiger partial charge in [0.15, 0.2) is 5.43 Å². The molecule has 88 valence electrons. The molecule has 4 nitrogen and oxygen atoms in total. The lowest BCUT2D eigenvalue weighted by atomic mass is 10.2. The van der Waals surface area contributed by atoms with E-state index in [2.05, 4.69) is 0 Å². The molecule has 0 saturated carbocycles. The summed E-state index contributed by atoms with van der Waals surface area (Å²) in [5.74, 6) is 0.353. The zero-order valence-electron chi connectivity index (χ0n) is 9.04. The highest BCUT2D eigenvalue weighted by Gasteiger charge is 2.03. The number of benzene rings is 1. The van der Waals surface area contributed by atoms with Crippen LogP contribution < -0.4 is 5.43 Å². The minimum absolute atomic E-state index is 0.0164. The van der Waals surface area contributed by atoms with Gasteiger partial charge >= 0.3 is 0 Å². The normalized spacial score (nSPS) is 13.2. The molecule has 0 radical (unpaired) electrons. The van der Waals surface area contributed by atoms with Gasteiger partial charge < -0.3 is 9.52 Å². The Bertz CT molecular complexity index is 670. The van der Waals surface area contributed by atoms with Crippen LogP contribution in [0.4, 0.5) is 0 Å². The van der Waals surface area contributed by atoms with E-state index in [4.69, 9.17) is 4.42 Å². The summed E-state index contributed by atoms with van der Waals surface area (Å²) in [6.45, 7) is 0. The molecule has 0 aliphatic heterocycles. The van der Waals surface area contributed by atoms with Gasteiger partial charge in [0.25, 0.3) is 0 Å². The maximum absolute atomic E-state index is 11.7. The van der Waals surface area contributed by atoms with Crippen LogP contribution in [0.3, 0.4) is 0 Å². The summed E-state index contributed by atoms with van der Waals surface area (Å²) in [5.41, 5.74) is 0.139. The average Bonchev–Trinajstić information content (AvgIpc) is 2.27. The van der Waals surface area contributed by atoms with E-state index < -0.39 is 10.8 Å². The molecule has 1 aromatic heterocycles. The SMILES string of the molecule is CS(=O)/C=C/c1cc(=O)c2cc(O)ccc2o1. The summed E-state index contributed by atoms with van der Waals surface area (Å²) in [6.07, 6.45) is 3.01. The Kier molecular flexibility index (Phi) is 3.10. The Hall–Kier alpha value is -1.88. The number of rotatable bonds is 2. The highest BCUT2D eigenvalue weighted by atomic mass is 32.2. The second-order valence-electron chi connectivity index (χ2n) is 3.49. The summed E-state index contributed by atoms with van der Waals surface area (Å²) >= 11 is 0. The molecule has 1 N–H and O–H groups in total. The third kappa shape index (κ3) is 2.62. The first-order chi connectivity index (χ1) is 8.06. The third-order valence-corrected chi connectivity index (χ3v) is 2.67. The largest absolute Gasteiger partial charge is 0.508 e. The van der Waals surface area contributed by atoms with E-state index in [1.165, 1.54) is 42.0 Å². The fourth-order valence-electron chi connectivity index (χ4n) is 1.41. The lowest BCUT2D eigenvalue weighted by molar-refractivity contribution is 0.475. The molecule has 0 aliphatic carbocycles. The van der Waals surface area contributed by atoms with Crippen molar-refractivity contribution in [1.82, 2.24) is 0 Å². The fourth-order valence-corrected chi connectivity index (χ4v) is 1.73. The van der Waals surface area contributed by atoms with Gasteiger partial charge in [0.2, 0.25) is 0 Å². The molecule has 0 aliphatic rings. The second-order valence-corrected chi connectivity index (χ2v) is 4.76. The van der Waals surface area contributed by atoms with Crippen molar-refractivity contribution in [3.8, 4) is 5.75 Å². The number of hydrogen-bond donors (Lipinski definition) is 1. The van der Waals surface area contributed by atoms with Crippen molar-refractivity contribution in [2.75, 3.05) is 6.26 Å².